The van der Waals surface area contributed by atoms with Crippen molar-refractivity contribution in [1.29, 1.82) is 0 Å². The molecule has 0 aliphatic carbocycles. The topological polar surface area (TPSA) is 59.5 Å². The zero-order valence-corrected chi connectivity index (χ0v) is 16.2. The van der Waals surface area contributed by atoms with Crippen molar-refractivity contribution in [3.05, 3.63) is 65.9 Å². The van der Waals surface area contributed by atoms with Crippen LogP contribution >= 0.6 is 0 Å². The SMILES string of the molecule is COc1ccc(CNc2ccnc(N3CCCc4ccccc43)n2)cc1OC. The minimum Gasteiger partial charge on any atom is -0.493 e. The molecule has 28 heavy (non-hydrogen) atoms. The van der Waals surface area contributed by atoms with E-state index in [1.165, 1.54) is 11.3 Å². The van der Waals surface area contributed by atoms with E-state index in [-0.39, 0.29) is 0 Å². The molecule has 144 valence electrons. The summed E-state index contributed by atoms with van der Waals surface area (Å²) in [6.45, 7) is 1.56. The molecule has 1 aliphatic heterocycles. The van der Waals surface area contributed by atoms with Crippen molar-refractivity contribution in [2.45, 2.75) is 19.4 Å². The number of hydrogen-bond acceptors (Lipinski definition) is 6. The fourth-order valence-corrected chi connectivity index (χ4v) is 3.50. The van der Waals surface area contributed by atoms with Crippen LogP contribution < -0.4 is 19.7 Å². The molecule has 0 radical (unpaired) electrons. The lowest BCUT2D eigenvalue weighted by Crippen LogP contribution is -2.26. The maximum atomic E-state index is 5.38. The summed E-state index contributed by atoms with van der Waals surface area (Å²) >= 11 is 0. The molecule has 0 amide bonds. The summed E-state index contributed by atoms with van der Waals surface area (Å²) in [6, 6.07) is 16.3. The number of ether oxygens (including phenoxy) is 2. The maximum absolute atomic E-state index is 5.38. The Hall–Kier alpha value is -3.28. The zero-order chi connectivity index (χ0) is 19.3. The van der Waals surface area contributed by atoms with Gasteiger partial charge in [0.25, 0.3) is 0 Å². The standard InChI is InChI=1S/C22H24N4O2/c1-27-19-10-9-16(14-20(19)28-2)15-24-21-11-12-23-22(25-21)26-13-5-7-17-6-3-4-8-18(17)26/h3-4,6,8-12,14H,5,7,13,15H2,1-2H3,(H,23,24,25). The van der Waals surface area contributed by atoms with Gasteiger partial charge >= 0.3 is 0 Å². The lowest BCUT2D eigenvalue weighted by molar-refractivity contribution is 0.354. The van der Waals surface area contributed by atoms with Gasteiger partial charge < -0.3 is 19.7 Å². The molecule has 0 unspecified atom stereocenters. The molecule has 2 aromatic carbocycles. The molecule has 6 heteroatoms. The summed E-state index contributed by atoms with van der Waals surface area (Å²) in [6.07, 6.45) is 4.00. The molecule has 0 atom stereocenters. The van der Waals surface area contributed by atoms with E-state index in [4.69, 9.17) is 14.5 Å². The summed E-state index contributed by atoms with van der Waals surface area (Å²) in [7, 11) is 3.28. The van der Waals surface area contributed by atoms with Crippen LogP contribution in [0.3, 0.4) is 0 Å². The van der Waals surface area contributed by atoms with Crippen LogP contribution in [0.4, 0.5) is 17.5 Å². The lowest BCUT2D eigenvalue weighted by atomic mass is 10.0. The highest BCUT2D eigenvalue weighted by atomic mass is 16.5. The summed E-state index contributed by atoms with van der Waals surface area (Å²) in [5.41, 5.74) is 3.63. The van der Waals surface area contributed by atoms with Crippen LogP contribution in [-0.4, -0.2) is 30.7 Å². The van der Waals surface area contributed by atoms with Crippen LogP contribution in [-0.2, 0) is 13.0 Å². The van der Waals surface area contributed by atoms with Crippen molar-refractivity contribution in [3.63, 3.8) is 0 Å². The lowest BCUT2D eigenvalue weighted by Gasteiger charge is -2.29. The maximum Gasteiger partial charge on any atom is 0.231 e. The van der Waals surface area contributed by atoms with E-state index in [2.05, 4.69) is 39.5 Å². The number of rotatable bonds is 6. The van der Waals surface area contributed by atoms with Crippen LogP contribution in [0.1, 0.15) is 17.5 Å². The fourth-order valence-electron chi connectivity index (χ4n) is 3.50. The number of fused-ring (bicyclic) bond motifs is 1. The Labute approximate surface area is 165 Å². The molecule has 2 heterocycles. The van der Waals surface area contributed by atoms with E-state index in [0.29, 0.717) is 6.54 Å². The molecule has 1 aromatic heterocycles. The predicted octanol–water partition coefficient (Wildman–Crippen LogP) is 4.19. The third-order valence-corrected chi connectivity index (χ3v) is 4.92. The van der Waals surface area contributed by atoms with Crippen molar-refractivity contribution in [3.8, 4) is 11.5 Å². The van der Waals surface area contributed by atoms with Crippen molar-refractivity contribution < 1.29 is 9.47 Å². The first-order chi connectivity index (χ1) is 13.8. The fraction of sp³-hybridized carbons (Fsp3) is 0.273. The number of aryl methyl sites for hydroxylation is 1. The van der Waals surface area contributed by atoms with Crippen molar-refractivity contribution in [2.24, 2.45) is 0 Å². The molecule has 0 saturated carbocycles. The van der Waals surface area contributed by atoms with Crippen LogP contribution in [0.5, 0.6) is 11.5 Å². The van der Waals surface area contributed by atoms with Gasteiger partial charge in [0.2, 0.25) is 5.95 Å². The van der Waals surface area contributed by atoms with Gasteiger partial charge in [0, 0.05) is 25.0 Å². The Morgan fingerprint density at radius 2 is 1.89 bits per heavy atom. The first-order valence-electron chi connectivity index (χ1n) is 9.42. The second kappa shape index (κ2) is 8.17. The Balaban J connectivity index is 1.51. The van der Waals surface area contributed by atoms with Gasteiger partial charge in [0.1, 0.15) is 5.82 Å². The van der Waals surface area contributed by atoms with E-state index >= 15 is 0 Å². The van der Waals surface area contributed by atoms with Crippen molar-refractivity contribution in [1.82, 2.24) is 9.97 Å². The Kier molecular flexibility index (Phi) is 5.28. The number of nitrogens with one attached hydrogen (secondary N) is 1. The second-order valence-corrected chi connectivity index (χ2v) is 6.67. The van der Waals surface area contributed by atoms with Crippen molar-refractivity contribution >= 4 is 17.5 Å². The molecule has 0 bridgehead atoms. The Morgan fingerprint density at radius 1 is 1.04 bits per heavy atom. The average molecular weight is 376 g/mol. The van der Waals surface area contributed by atoms with Crippen LogP contribution in [0, 0.1) is 0 Å². The number of aromatic nitrogens is 2. The van der Waals surface area contributed by atoms with E-state index in [0.717, 1.165) is 48.2 Å². The third-order valence-electron chi connectivity index (χ3n) is 4.92. The number of benzene rings is 2. The van der Waals surface area contributed by atoms with Gasteiger partial charge in [-0.25, -0.2) is 4.98 Å². The van der Waals surface area contributed by atoms with Crippen LogP contribution in [0.2, 0.25) is 0 Å². The normalized spacial score (nSPS) is 13.0. The summed E-state index contributed by atoms with van der Waals surface area (Å²) in [5, 5.41) is 3.38. The Bertz CT molecular complexity index is 961. The van der Waals surface area contributed by atoms with Gasteiger partial charge in [-0.3, -0.25) is 0 Å². The zero-order valence-electron chi connectivity index (χ0n) is 16.2. The molecule has 0 spiro atoms. The molecule has 4 rings (SSSR count). The molecule has 1 aliphatic rings. The summed E-state index contributed by atoms with van der Waals surface area (Å²) in [4.78, 5) is 11.4. The van der Waals surface area contributed by atoms with E-state index in [9.17, 15) is 0 Å². The number of anilines is 3. The molecular weight excluding hydrogens is 352 g/mol. The highest BCUT2D eigenvalue weighted by molar-refractivity contribution is 5.64. The van der Waals surface area contributed by atoms with Gasteiger partial charge in [-0.15, -0.1) is 0 Å². The molecule has 0 fully saturated rings. The van der Waals surface area contributed by atoms with E-state index in [1.807, 2.05) is 24.3 Å². The highest BCUT2D eigenvalue weighted by Crippen LogP contribution is 2.32. The largest absolute Gasteiger partial charge is 0.493 e. The minimum atomic E-state index is 0.632. The first-order valence-corrected chi connectivity index (χ1v) is 9.42. The average Bonchev–Trinajstić information content (AvgIpc) is 2.77. The smallest absolute Gasteiger partial charge is 0.231 e. The number of para-hydroxylation sites is 1. The number of hydrogen-bond donors (Lipinski definition) is 1. The van der Waals surface area contributed by atoms with Crippen LogP contribution in [0.15, 0.2) is 54.7 Å². The van der Waals surface area contributed by atoms with Gasteiger partial charge in [-0.2, -0.15) is 4.98 Å². The molecule has 0 saturated heterocycles. The predicted molar refractivity (Wildman–Crippen MR) is 111 cm³/mol. The number of nitrogens with zero attached hydrogens (tertiary/aromatic N) is 3. The van der Waals surface area contributed by atoms with Gasteiger partial charge in [0.05, 0.1) is 14.2 Å². The minimum absolute atomic E-state index is 0.632. The highest BCUT2D eigenvalue weighted by Gasteiger charge is 2.19. The van der Waals surface area contributed by atoms with Gasteiger partial charge in [-0.1, -0.05) is 24.3 Å². The van der Waals surface area contributed by atoms with E-state index in [1.54, 1.807) is 20.4 Å². The molecule has 6 nitrogen and oxygen atoms in total. The molecule has 1 N–H and O–H groups in total. The molecule has 3 aromatic rings. The third kappa shape index (κ3) is 3.71. The summed E-state index contributed by atoms with van der Waals surface area (Å²) in [5.74, 6) is 2.96. The van der Waals surface area contributed by atoms with Crippen LogP contribution in [0.25, 0.3) is 0 Å². The van der Waals surface area contributed by atoms with Gasteiger partial charge in [-0.05, 0) is 48.2 Å². The quantitative estimate of drug-likeness (QED) is 0.696. The van der Waals surface area contributed by atoms with Crippen molar-refractivity contribution in [2.75, 3.05) is 31.0 Å². The first kappa shape index (κ1) is 18.1. The molecular formula is C22H24N4O2. The Morgan fingerprint density at radius 3 is 2.75 bits per heavy atom. The van der Waals surface area contributed by atoms with E-state index < -0.39 is 0 Å². The number of methoxy groups -OCH3 is 2. The van der Waals surface area contributed by atoms with Gasteiger partial charge in [0.15, 0.2) is 11.5 Å². The monoisotopic (exact) mass is 376 g/mol. The second-order valence-electron chi connectivity index (χ2n) is 6.67. The summed E-state index contributed by atoms with van der Waals surface area (Å²) < 4.78 is 10.7.